The third-order valence-corrected chi connectivity index (χ3v) is 6.85. The molecule has 4 saturated carbocycles. The highest BCUT2D eigenvalue weighted by molar-refractivity contribution is 5.84. The van der Waals surface area contributed by atoms with Crippen molar-refractivity contribution in [3.63, 3.8) is 0 Å². The van der Waals surface area contributed by atoms with Crippen LogP contribution in [0.1, 0.15) is 64.2 Å². The first-order valence-electron chi connectivity index (χ1n) is 9.05. The molecule has 5 rings (SSSR count). The summed E-state index contributed by atoms with van der Waals surface area (Å²) in [5, 5.41) is 3.42. The molecule has 1 unspecified atom stereocenters. The first kappa shape index (κ1) is 13.3. The van der Waals surface area contributed by atoms with Crippen LogP contribution >= 0.6 is 0 Å². The Morgan fingerprint density at radius 3 is 2.25 bits per heavy atom. The quantitative estimate of drug-likeness (QED) is 0.850. The van der Waals surface area contributed by atoms with Crippen LogP contribution in [-0.2, 0) is 4.79 Å². The van der Waals surface area contributed by atoms with E-state index in [0.29, 0.717) is 5.78 Å². The normalized spacial score (nSPS) is 46.6. The van der Waals surface area contributed by atoms with Gasteiger partial charge in [-0.25, -0.2) is 0 Å². The van der Waals surface area contributed by atoms with Gasteiger partial charge in [-0.05, 0) is 87.5 Å². The Morgan fingerprint density at radius 2 is 1.65 bits per heavy atom. The van der Waals surface area contributed by atoms with Gasteiger partial charge in [0, 0.05) is 6.42 Å². The molecule has 1 aliphatic heterocycles. The molecule has 1 N–H and O–H groups in total. The number of carbonyl (C=O) groups is 1. The molecule has 1 saturated heterocycles. The molecule has 1 heterocycles. The summed E-state index contributed by atoms with van der Waals surface area (Å²) in [7, 11) is 0. The molecule has 4 bridgehead atoms. The van der Waals surface area contributed by atoms with Crippen molar-refractivity contribution >= 4 is 5.78 Å². The lowest BCUT2D eigenvalue weighted by Crippen LogP contribution is -2.45. The van der Waals surface area contributed by atoms with E-state index in [1.165, 1.54) is 51.4 Å². The average molecular weight is 275 g/mol. The highest BCUT2D eigenvalue weighted by atomic mass is 16.1. The first-order valence-corrected chi connectivity index (χ1v) is 9.05. The van der Waals surface area contributed by atoms with Crippen molar-refractivity contribution in [2.45, 2.75) is 70.3 Å². The lowest BCUT2D eigenvalue weighted by Gasteiger charge is -2.54. The lowest BCUT2D eigenvalue weighted by molar-refractivity contribution is -0.122. The molecule has 0 aromatic heterocycles. The van der Waals surface area contributed by atoms with E-state index < -0.39 is 0 Å². The summed E-state index contributed by atoms with van der Waals surface area (Å²) in [6.45, 7) is 1.05. The fourth-order valence-electron chi connectivity index (χ4n) is 6.12. The van der Waals surface area contributed by atoms with E-state index in [1.807, 2.05) is 0 Å². The molecule has 112 valence electrons. The number of Topliss-reactive ketones (excluding diaryl/α,β-unsaturated/α-hetero) is 1. The number of rotatable bonds is 4. The third kappa shape index (κ3) is 2.45. The summed E-state index contributed by atoms with van der Waals surface area (Å²) in [6, 6.07) is 0.195. The monoisotopic (exact) mass is 275 g/mol. The van der Waals surface area contributed by atoms with Crippen molar-refractivity contribution in [1.82, 2.24) is 5.32 Å². The predicted molar refractivity (Wildman–Crippen MR) is 80.4 cm³/mol. The molecule has 0 aromatic rings. The highest BCUT2D eigenvalue weighted by Gasteiger charge is 2.47. The topological polar surface area (TPSA) is 29.1 Å². The van der Waals surface area contributed by atoms with Crippen LogP contribution in [-0.4, -0.2) is 18.4 Å². The third-order valence-electron chi connectivity index (χ3n) is 6.85. The van der Waals surface area contributed by atoms with Crippen LogP contribution in [0.3, 0.4) is 0 Å². The number of carbonyl (C=O) groups excluding carboxylic acids is 1. The van der Waals surface area contributed by atoms with Gasteiger partial charge < -0.3 is 5.32 Å². The van der Waals surface area contributed by atoms with Crippen LogP contribution in [0.2, 0.25) is 0 Å². The zero-order valence-electron chi connectivity index (χ0n) is 12.7. The van der Waals surface area contributed by atoms with Crippen molar-refractivity contribution in [1.29, 1.82) is 0 Å². The summed E-state index contributed by atoms with van der Waals surface area (Å²) < 4.78 is 0. The Labute approximate surface area is 123 Å². The summed E-state index contributed by atoms with van der Waals surface area (Å²) in [6.07, 6.45) is 13.1. The van der Waals surface area contributed by atoms with E-state index in [-0.39, 0.29) is 6.04 Å². The van der Waals surface area contributed by atoms with Gasteiger partial charge in [-0.15, -0.1) is 0 Å². The van der Waals surface area contributed by atoms with Gasteiger partial charge in [0.2, 0.25) is 0 Å². The Balaban J connectivity index is 1.32. The van der Waals surface area contributed by atoms with Gasteiger partial charge in [0.15, 0.2) is 0 Å². The minimum absolute atomic E-state index is 0.195. The van der Waals surface area contributed by atoms with E-state index in [9.17, 15) is 4.79 Å². The van der Waals surface area contributed by atoms with E-state index in [2.05, 4.69) is 5.32 Å². The van der Waals surface area contributed by atoms with Crippen molar-refractivity contribution in [3.05, 3.63) is 0 Å². The highest BCUT2D eigenvalue weighted by Crippen LogP contribution is 2.57. The predicted octanol–water partition coefficient (Wildman–Crippen LogP) is 3.55. The number of piperidine rings is 1. The maximum Gasteiger partial charge on any atom is 0.149 e. The molecule has 4 aliphatic carbocycles. The van der Waals surface area contributed by atoms with Gasteiger partial charge >= 0.3 is 0 Å². The fraction of sp³-hybridized carbons (Fsp3) is 0.944. The Morgan fingerprint density at radius 1 is 0.950 bits per heavy atom. The number of hydrogen-bond acceptors (Lipinski definition) is 2. The van der Waals surface area contributed by atoms with E-state index in [0.717, 1.165) is 49.0 Å². The van der Waals surface area contributed by atoms with Crippen molar-refractivity contribution < 1.29 is 4.79 Å². The van der Waals surface area contributed by atoms with Gasteiger partial charge in [0.1, 0.15) is 5.78 Å². The minimum atomic E-state index is 0.195. The van der Waals surface area contributed by atoms with Gasteiger partial charge in [-0.3, -0.25) is 4.79 Å². The maximum atomic E-state index is 12.4. The minimum Gasteiger partial charge on any atom is -0.307 e. The molecule has 20 heavy (non-hydrogen) atoms. The fourth-order valence-corrected chi connectivity index (χ4v) is 6.12. The second-order valence-corrected chi connectivity index (χ2v) is 8.10. The second kappa shape index (κ2) is 5.44. The molecule has 0 amide bonds. The molecule has 2 heteroatoms. The van der Waals surface area contributed by atoms with Crippen molar-refractivity contribution in [2.24, 2.45) is 29.6 Å². The maximum absolute atomic E-state index is 12.4. The molecule has 2 nitrogen and oxygen atoms in total. The molecule has 1 atom stereocenters. The Kier molecular flexibility index (Phi) is 3.62. The van der Waals surface area contributed by atoms with Crippen LogP contribution in [0.4, 0.5) is 0 Å². The van der Waals surface area contributed by atoms with Gasteiger partial charge in [0.05, 0.1) is 6.04 Å². The largest absolute Gasteiger partial charge is 0.307 e. The smallest absolute Gasteiger partial charge is 0.149 e. The SMILES string of the molecule is O=C(CCC1C2CC3CC(C2)CC1C3)C1CCCCN1. The summed E-state index contributed by atoms with van der Waals surface area (Å²) in [5.41, 5.74) is 0. The van der Waals surface area contributed by atoms with Gasteiger partial charge in [0.25, 0.3) is 0 Å². The summed E-state index contributed by atoms with van der Waals surface area (Å²) in [4.78, 5) is 12.4. The molecule has 0 aromatic carbocycles. The van der Waals surface area contributed by atoms with Crippen molar-refractivity contribution in [3.8, 4) is 0 Å². The Hall–Kier alpha value is -0.370. The van der Waals surface area contributed by atoms with E-state index in [1.54, 1.807) is 0 Å². The zero-order chi connectivity index (χ0) is 13.5. The van der Waals surface area contributed by atoms with Gasteiger partial charge in [-0.1, -0.05) is 6.42 Å². The molecule has 5 fully saturated rings. The van der Waals surface area contributed by atoms with Crippen LogP contribution in [0.5, 0.6) is 0 Å². The number of nitrogens with one attached hydrogen (secondary N) is 1. The van der Waals surface area contributed by atoms with E-state index >= 15 is 0 Å². The van der Waals surface area contributed by atoms with Crippen LogP contribution < -0.4 is 5.32 Å². The number of hydrogen-bond donors (Lipinski definition) is 1. The van der Waals surface area contributed by atoms with E-state index in [4.69, 9.17) is 0 Å². The molecule has 5 aliphatic rings. The zero-order valence-corrected chi connectivity index (χ0v) is 12.7. The van der Waals surface area contributed by atoms with Crippen LogP contribution in [0.15, 0.2) is 0 Å². The second-order valence-electron chi connectivity index (χ2n) is 8.10. The lowest BCUT2D eigenvalue weighted by atomic mass is 9.51. The Bertz CT molecular complexity index is 344. The molecule has 0 spiro atoms. The van der Waals surface area contributed by atoms with Crippen LogP contribution in [0.25, 0.3) is 0 Å². The standard InChI is InChI=1S/C18H29NO/c20-18(17-3-1-2-6-19-17)5-4-16-14-8-12-7-13(10-14)11-15(16)9-12/h12-17,19H,1-11H2. The van der Waals surface area contributed by atoms with Crippen molar-refractivity contribution in [2.75, 3.05) is 6.54 Å². The molecular formula is C18H29NO. The molecule has 0 radical (unpaired) electrons. The summed E-state index contributed by atoms with van der Waals surface area (Å²) in [5.74, 6) is 5.50. The average Bonchev–Trinajstić information content (AvgIpc) is 2.46. The van der Waals surface area contributed by atoms with Gasteiger partial charge in [-0.2, -0.15) is 0 Å². The number of ketones is 1. The first-order chi connectivity index (χ1) is 9.79. The molecular weight excluding hydrogens is 246 g/mol. The van der Waals surface area contributed by atoms with Crippen LogP contribution in [0, 0.1) is 29.6 Å². The summed E-state index contributed by atoms with van der Waals surface area (Å²) >= 11 is 0.